The van der Waals surface area contributed by atoms with Gasteiger partial charge in [-0.25, -0.2) is 4.98 Å². The van der Waals surface area contributed by atoms with Gasteiger partial charge in [-0.3, -0.25) is 4.98 Å². The molecule has 2 heterocycles. The molecule has 0 aliphatic carbocycles. The maximum Gasteiger partial charge on any atom is 0.229 e. The third-order valence-corrected chi connectivity index (χ3v) is 4.61. The van der Waals surface area contributed by atoms with Crippen LogP contribution in [0.1, 0.15) is 5.56 Å². The Morgan fingerprint density at radius 3 is 2.33 bits per heavy atom. The molecule has 1 N–H and O–H groups in total. The summed E-state index contributed by atoms with van der Waals surface area (Å²) in [6.45, 7) is 0.853. The molecule has 0 spiro atoms. The first kappa shape index (κ1) is 19.4. The Hall–Kier alpha value is -3.93. The molecule has 150 valence electrons. The fourth-order valence-electron chi connectivity index (χ4n) is 2.94. The van der Waals surface area contributed by atoms with E-state index in [-0.39, 0.29) is 0 Å². The summed E-state index contributed by atoms with van der Waals surface area (Å²) in [6.07, 6.45) is 6.32. The summed E-state index contributed by atoms with van der Waals surface area (Å²) in [7, 11) is 2.03. The number of hydrogen-bond donors (Lipinski definition) is 1. The van der Waals surface area contributed by atoms with Crippen LogP contribution in [-0.2, 0) is 6.42 Å². The van der Waals surface area contributed by atoms with Gasteiger partial charge in [-0.15, -0.1) is 0 Å². The Labute approximate surface area is 176 Å². The van der Waals surface area contributed by atoms with Crippen LogP contribution in [-0.4, -0.2) is 28.5 Å². The monoisotopic (exact) mass is 397 g/mol. The highest BCUT2D eigenvalue weighted by Crippen LogP contribution is 2.24. The minimum absolute atomic E-state index is 0.556. The van der Waals surface area contributed by atoms with E-state index in [0.717, 1.165) is 36.0 Å². The molecular weight excluding hydrogens is 374 g/mol. The minimum atomic E-state index is 0.556. The zero-order valence-corrected chi connectivity index (χ0v) is 16.8. The van der Waals surface area contributed by atoms with Crippen molar-refractivity contribution in [2.75, 3.05) is 23.8 Å². The maximum atomic E-state index is 5.83. The number of hydrogen-bond acceptors (Lipinski definition) is 6. The van der Waals surface area contributed by atoms with Gasteiger partial charge in [0.2, 0.25) is 5.95 Å². The molecule has 0 aliphatic heterocycles. The van der Waals surface area contributed by atoms with E-state index in [0.29, 0.717) is 5.95 Å². The van der Waals surface area contributed by atoms with E-state index in [9.17, 15) is 0 Å². The summed E-state index contributed by atoms with van der Waals surface area (Å²) in [6, 6.07) is 23.4. The Morgan fingerprint density at radius 1 is 0.833 bits per heavy atom. The molecule has 0 aliphatic rings. The van der Waals surface area contributed by atoms with Crippen molar-refractivity contribution >= 4 is 17.5 Å². The van der Waals surface area contributed by atoms with Crippen LogP contribution in [0.2, 0.25) is 0 Å². The molecule has 6 heteroatoms. The minimum Gasteiger partial charge on any atom is -0.457 e. The van der Waals surface area contributed by atoms with Crippen LogP contribution in [0, 0.1) is 0 Å². The lowest BCUT2D eigenvalue weighted by atomic mass is 10.2. The van der Waals surface area contributed by atoms with Crippen LogP contribution in [0.15, 0.2) is 91.4 Å². The number of aromatic nitrogens is 3. The summed E-state index contributed by atoms with van der Waals surface area (Å²) in [5.41, 5.74) is 2.15. The molecule has 2 aromatic heterocycles. The largest absolute Gasteiger partial charge is 0.457 e. The molecule has 0 unspecified atom stereocenters. The Balaban J connectivity index is 1.36. The standard InChI is InChI=1S/C24H23N5O/c1-29(18-14-19-11-15-25-16-12-19)23-13-17-26-24(28-23)27-20-7-9-22(10-8-20)30-21-5-3-2-4-6-21/h2-13,15-17H,14,18H2,1H3,(H,26,27,28). The highest BCUT2D eigenvalue weighted by Gasteiger charge is 2.06. The Kier molecular flexibility index (Phi) is 6.15. The Morgan fingerprint density at radius 2 is 1.57 bits per heavy atom. The first-order valence-electron chi connectivity index (χ1n) is 9.79. The first-order chi connectivity index (χ1) is 14.8. The molecule has 0 atom stereocenters. The van der Waals surface area contributed by atoms with Crippen molar-refractivity contribution in [3.05, 3.63) is 97.0 Å². The number of rotatable bonds is 8. The zero-order chi connectivity index (χ0) is 20.6. The summed E-state index contributed by atoms with van der Waals surface area (Å²) < 4.78 is 5.83. The van der Waals surface area contributed by atoms with Gasteiger partial charge in [0.1, 0.15) is 17.3 Å². The molecule has 2 aromatic carbocycles. The number of nitrogens with one attached hydrogen (secondary N) is 1. The molecule has 6 nitrogen and oxygen atoms in total. The number of likely N-dealkylation sites (N-methyl/N-ethyl adjacent to an activating group) is 1. The molecule has 0 amide bonds. The lowest BCUT2D eigenvalue weighted by molar-refractivity contribution is 0.483. The highest BCUT2D eigenvalue weighted by atomic mass is 16.5. The van der Waals surface area contributed by atoms with E-state index < -0.39 is 0 Å². The molecule has 30 heavy (non-hydrogen) atoms. The van der Waals surface area contributed by atoms with Crippen molar-refractivity contribution < 1.29 is 4.74 Å². The topological polar surface area (TPSA) is 63.2 Å². The molecule has 0 saturated carbocycles. The predicted octanol–water partition coefficient (Wildman–Crippen LogP) is 5.09. The van der Waals surface area contributed by atoms with Gasteiger partial charge in [-0.1, -0.05) is 18.2 Å². The van der Waals surface area contributed by atoms with E-state index in [2.05, 4.69) is 25.2 Å². The predicted molar refractivity (Wildman–Crippen MR) is 119 cm³/mol. The molecule has 4 aromatic rings. The van der Waals surface area contributed by atoms with Crippen molar-refractivity contribution in [3.8, 4) is 11.5 Å². The summed E-state index contributed by atoms with van der Waals surface area (Å²) in [5, 5.41) is 3.25. The fraction of sp³-hybridized carbons (Fsp3) is 0.125. The van der Waals surface area contributed by atoms with E-state index in [1.807, 2.05) is 92.2 Å². The van der Waals surface area contributed by atoms with E-state index in [4.69, 9.17) is 4.74 Å². The quantitative estimate of drug-likeness (QED) is 0.447. The van der Waals surface area contributed by atoms with Crippen LogP contribution >= 0.6 is 0 Å². The third kappa shape index (κ3) is 5.32. The summed E-state index contributed by atoms with van der Waals surface area (Å²) in [4.78, 5) is 15.1. The molecular formula is C24H23N5O. The lowest BCUT2D eigenvalue weighted by Crippen LogP contribution is -2.21. The second-order valence-electron chi connectivity index (χ2n) is 6.83. The smallest absolute Gasteiger partial charge is 0.229 e. The lowest BCUT2D eigenvalue weighted by Gasteiger charge is -2.18. The molecule has 0 saturated heterocycles. The van der Waals surface area contributed by atoms with Crippen LogP contribution in [0.5, 0.6) is 11.5 Å². The van der Waals surface area contributed by atoms with E-state index in [1.54, 1.807) is 6.20 Å². The highest BCUT2D eigenvalue weighted by molar-refractivity contribution is 5.56. The molecule has 0 fully saturated rings. The van der Waals surface area contributed by atoms with Crippen molar-refractivity contribution in [3.63, 3.8) is 0 Å². The van der Waals surface area contributed by atoms with E-state index >= 15 is 0 Å². The SMILES string of the molecule is CN(CCc1ccncc1)c1ccnc(Nc2ccc(Oc3ccccc3)cc2)n1. The van der Waals surface area contributed by atoms with Crippen molar-refractivity contribution in [2.24, 2.45) is 0 Å². The normalized spacial score (nSPS) is 10.4. The average molecular weight is 397 g/mol. The van der Waals surface area contributed by atoms with Gasteiger partial charge in [0.25, 0.3) is 0 Å². The van der Waals surface area contributed by atoms with Crippen LogP contribution in [0.3, 0.4) is 0 Å². The number of benzene rings is 2. The van der Waals surface area contributed by atoms with Gasteiger partial charge in [0.15, 0.2) is 0 Å². The van der Waals surface area contributed by atoms with Crippen molar-refractivity contribution in [1.82, 2.24) is 15.0 Å². The van der Waals surface area contributed by atoms with Crippen molar-refractivity contribution in [2.45, 2.75) is 6.42 Å². The van der Waals surface area contributed by atoms with Gasteiger partial charge >= 0.3 is 0 Å². The first-order valence-corrected chi connectivity index (χ1v) is 9.79. The van der Waals surface area contributed by atoms with Gasteiger partial charge in [-0.05, 0) is 66.6 Å². The van der Waals surface area contributed by atoms with Crippen LogP contribution in [0.4, 0.5) is 17.5 Å². The van der Waals surface area contributed by atoms with Gasteiger partial charge in [-0.2, -0.15) is 4.98 Å². The number of para-hydroxylation sites is 1. The number of pyridine rings is 1. The summed E-state index contributed by atoms with van der Waals surface area (Å²) >= 11 is 0. The van der Waals surface area contributed by atoms with Crippen LogP contribution in [0.25, 0.3) is 0 Å². The third-order valence-electron chi connectivity index (χ3n) is 4.61. The molecule has 0 radical (unpaired) electrons. The van der Waals surface area contributed by atoms with Gasteiger partial charge in [0.05, 0.1) is 0 Å². The fourth-order valence-corrected chi connectivity index (χ4v) is 2.94. The van der Waals surface area contributed by atoms with Gasteiger partial charge in [0, 0.05) is 37.9 Å². The number of ether oxygens (including phenoxy) is 1. The number of anilines is 3. The average Bonchev–Trinajstić information content (AvgIpc) is 2.80. The van der Waals surface area contributed by atoms with Crippen LogP contribution < -0.4 is 15.0 Å². The van der Waals surface area contributed by atoms with E-state index in [1.165, 1.54) is 5.56 Å². The van der Waals surface area contributed by atoms with Crippen molar-refractivity contribution in [1.29, 1.82) is 0 Å². The second-order valence-corrected chi connectivity index (χ2v) is 6.83. The maximum absolute atomic E-state index is 5.83. The summed E-state index contributed by atoms with van der Waals surface area (Å²) in [5.74, 6) is 3.01. The van der Waals surface area contributed by atoms with Gasteiger partial charge < -0.3 is 15.0 Å². The second kappa shape index (κ2) is 9.52. The number of nitrogens with zero attached hydrogens (tertiary/aromatic N) is 4. The molecule has 0 bridgehead atoms. The Bertz CT molecular complexity index is 1060. The molecule has 4 rings (SSSR count). The zero-order valence-electron chi connectivity index (χ0n) is 16.8.